The van der Waals surface area contributed by atoms with E-state index in [2.05, 4.69) is 29.3 Å². The third-order valence-electron chi connectivity index (χ3n) is 4.81. The highest BCUT2D eigenvalue weighted by molar-refractivity contribution is 5.06. The lowest BCUT2D eigenvalue weighted by Gasteiger charge is -2.14. The molecule has 1 aliphatic heterocycles. The number of nitrogens with zero attached hydrogens (tertiary/aromatic N) is 2. The molecule has 4 unspecified atom stereocenters. The first-order chi connectivity index (χ1) is 9.81. The van der Waals surface area contributed by atoms with E-state index in [0.29, 0.717) is 18.6 Å². The van der Waals surface area contributed by atoms with Gasteiger partial charge in [-0.2, -0.15) is 4.98 Å². The smallest absolute Gasteiger partial charge is 0.233 e. The van der Waals surface area contributed by atoms with E-state index in [1.807, 2.05) is 0 Å². The molecule has 1 saturated heterocycles. The van der Waals surface area contributed by atoms with Crippen LogP contribution >= 0.6 is 0 Å². The summed E-state index contributed by atoms with van der Waals surface area (Å²) in [5.74, 6) is 3.21. The summed E-state index contributed by atoms with van der Waals surface area (Å²) in [5, 5.41) is 7.67. The number of hydrogen-bond acceptors (Lipinski definition) is 5. The Morgan fingerprint density at radius 2 is 2.15 bits per heavy atom. The molecule has 2 fully saturated rings. The van der Waals surface area contributed by atoms with Gasteiger partial charge in [0.05, 0.1) is 19.1 Å². The summed E-state index contributed by atoms with van der Waals surface area (Å²) in [6, 6.07) is 0.306. The molecule has 1 aromatic rings. The van der Waals surface area contributed by atoms with Crippen LogP contribution in [0.5, 0.6) is 0 Å². The average molecular weight is 279 g/mol. The zero-order chi connectivity index (χ0) is 13.9. The van der Waals surface area contributed by atoms with Gasteiger partial charge in [0.1, 0.15) is 0 Å². The first kappa shape index (κ1) is 14.0. The fourth-order valence-corrected chi connectivity index (χ4v) is 3.50. The van der Waals surface area contributed by atoms with Gasteiger partial charge in [-0.1, -0.05) is 25.4 Å². The number of rotatable bonds is 5. The van der Waals surface area contributed by atoms with E-state index in [4.69, 9.17) is 9.26 Å². The van der Waals surface area contributed by atoms with Gasteiger partial charge in [0.25, 0.3) is 0 Å². The second-order valence-electron chi connectivity index (χ2n) is 6.08. The third kappa shape index (κ3) is 2.74. The Morgan fingerprint density at radius 1 is 1.25 bits per heavy atom. The maximum atomic E-state index is 5.56. The quantitative estimate of drug-likeness (QED) is 0.897. The van der Waals surface area contributed by atoms with Crippen molar-refractivity contribution in [2.75, 3.05) is 19.8 Å². The van der Waals surface area contributed by atoms with Crippen molar-refractivity contribution >= 4 is 0 Å². The molecule has 5 nitrogen and oxygen atoms in total. The molecular weight excluding hydrogens is 254 g/mol. The first-order valence-corrected chi connectivity index (χ1v) is 7.96. The van der Waals surface area contributed by atoms with Gasteiger partial charge in [0, 0.05) is 12.0 Å². The fraction of sp³-hybridized carbons (Fsp3) is 0.867. The number of aromatic nitrogens is 2. The van der Waals surface area contributed by atoms with Crippen LogP contribution in [0.3, 0.4) is 0 Å². The van der Waals surface area contributed by atoms with Crippen molar-refractivity contribution in [1.29, 1.82) is 0 Å². The number of ether oxygens (including phenoxy) is 1. The van der Waals surface area contributed by atoms with E-state index in [0.717, 1.165) is 30.8 Å². The summed E-state index contributed by atoms with van der Waals surface area (Å²) in [5.41, 5.74) is 0. The zero-order valence-corrected chi connectivity index (χ0v) is 12.5. The first-order valence-electron chi connectivity index (χ1n) is 7.96. The predicted octanol–water partition coefficient (Wildman–Crippen LogP) is 2.46. The largest absolute Gasteiger partial charge is 0.379 e. The van der Waals surface area contributed by atoms with Crippen LogP contribution in [0.25, 0.3) is 0 Å². The molecule has 112 valence electrons. The monoisotopic (exact) mass is 279 g/mol. The lowest BCUT2D eigenvalue weighted by molar-refractivity contribution is 0.185. The van der Waals surface area contributed by atoms with Crippen LogP contribution in [0.4, 0.5) is 0 Å². The van der Waals surface area contributed by atoms with Crippen molar-refractivity contribution < 1.29 is 9.26 Å². The fourth-order valence-electron chi connectivity index (χ4n) is 3.50. The van der Waals surface area contributed by atoms with E-state index < -0.39 is 0 Å². The number of nitrogens with one attached hydrogen (secondary N) is 1. The van der Waals surface area contributed by atoms with Crippen LogP contribution in [-0.2, 0) is 4.74 Å². The molecule has 2 aliphatic rings. The summed E-state index contributed by atoms with van der Waals surface area (Å²) >= 11 is 0. The molecular formula is C15H25N3O2. The van der Waals surface area contributed by atoms with E-state index in [1.54, 1.807) is 0 Å². The maximum absolute atomic E-state index is 5.56. The van der Waals surface area contributed by atoms with E-state index in [1.165, 1.54) is 25.7 Å². The highest BCUT2D eigenvalue weighted by Crippen LogP contribution is 2.39. The highest BCUT2D eigenvalue weighted by Gasteiger charge is 2.35. The summed E-state index contributed by atoms with van der Waals surface area (Å²) in [7, 11) is 0. The van der Waals surface area contributed by atoms with Crippen molar-refractivity contribution in [3.05, 3.63) is 11.7 Å². The molecule has 3 rings (SSSR count). The van der Waals surface area contributed by atoms with Gasteiger partial charge < -0.3 is 14.6 Å². The van der Waals surface area contributed by atoms with Gasteiger partial charge in [-0.25, -0.2) is 0 Å². The summed E-state index contributed by atoms with van der Waals surface area (Å²) in [6.45, 7) is 6.73. The minimum atomic E-state index is 0.208. The van der Waals surface area contributed by atoms with Crippen molar-refractivity contribution in [2.45, 2.75) is 57.4 Å². The molecule has 5 heteroatoms. The lowest BCUT2D eigenvalue weighted by atomic mass is 10.0. The van der Waals surface area contributed by atoms with Crippen molar-refractivity contribution in [1.82, 2.24) is 15.5 Å². The van der Waals surface area contributed by atoms with Crippen molar-refractivity contribution in [3.63, 3.8) is 0 Å². The average Bonchev–Trinajstić information content (AvgIpc) is 3.18. The molecule has 0 aromatic carbocycles. The molecule has 1 aliphatic carbocycles. The summed E-state index contributed by atoms with van der Waals surface area (Å²) in [6.07, 6.45) is 4.99. The third-order valence-corrected chi connectivity index (χ3v) is 4.81. The van der Waals surface area contributed by atoms with Gasteiger partial charge in [0.15, 0.2) is 5.82 Å². The summed E-state index contributed by atoms with van der Waals surface area (Å²) < 4.78 is 11.1. The van der Waals surface area contributed by atoms with Crippen LogP contribution in [0.2, 0.25) is 0 Å². The second-order valence-corrected chi connectivity index (χ2v) is 6.08. The zero-order valence-electron chi connectivity index (χ0n) is 12.5. The highest BCUT2D eigenvalue weighted by atomic mass is 16.5. The van der Waals surface area contributed by atoms with Crippen molar-refractivity contribution in [2.24, 2.45) is 5.92 Å². The molecule has 1 aromatic heterocycles. The maximum Gasteiger partial charge on any atom is 0.233 e. The van der Waals surface area contributed by atoms with Crippen LogP contribution < -0.4 is 5.32 Å². The standard InChI is InChI=1S/C15H25N3O2/c1-3-10-5-6-11(7-10)14-17-15(20-18-14)12-8-19-9-13(12)16-4-2/h10-13,16H,3-9H2,1-2H3. The normalized spacial score (nSPS) is 33.9. The molecule has 2 heterocycles. The van der Waals surface area contributed by atoms with Crippen LogP contribution in [0, 0.1) is 5.92 Å². The Balaban J connectivity index is 1.67. The Kier molecular flexibility index (Phi) is 4.36. The molecule has 4 atom stereocenters. The molecule has 1 N–H and O–H groups in total. The Hall–Kier alpha value is -0.940. The van der Waals surface area contributed by atoms with Crippen molar-refractivity contribution in [3.8, 4) is 0 Å². The SMILES string of the molecule is CCNC1COCC1c1nc(C2CCC(CC)C2)no1. The Morgan fingerprint density at radius 3 is 2.90 bits per heavy atom. The Bertz CT molecular complexity index is 435. The summed E-state index contributed by atoms with van der Waals surface area (Å²) in [4.78, 5) is 4.68. The van der Waals surface area contributed by atoms with E-state index >= 15 is 0 Å². The molecule has 1 saturated carbocycles. The van der Waals surface area contributed by atoms with Crippen LogP contribution in [-0.4, -0.2) is 35.9 Å². The van der Waals surface area contributed by atoms with Gasteiger partial charge in [-0.3, -0.25) is 0 Å². The van der Waals surface area contributed by atoms with Gasteiger partial charge >= 0.3 is 0 Å². The van der Waals surface area contributed by atoms with Crippen LogP contribution in [0.15, 0.2) is 4.52 Å². The molecule has 0 bridgehead atoms. The van der Waals surface area contributed by atoms with Gasteiger partial charge in [-0.15, -0.1) is 0 Å². The van der Waals surface area contributed by atoms with E-state index in [-0.39, 0.29) is 5.92 Å². The molecule has 0 radical (unpaired) electrons. The lowest BCUT2D eigenvalue weighted by Crippen LogP contribution is -2.34. The number of likely N-dealkylation sites (N-methyl/N-ethyl adjacent to an activating group) is 1. The van der Waals surface area contributed by atoms with Gasteiger partial charge in [-0.05, 0) is 31.7 Å². The second kappa shape index (κ2) is 6.22. The molecule has 0 spiro atoms. The molecule has 0 amide bonds. The van der Waals surface area contributed by atoms with Crippen LogP contribution in [0.1, 0.15) is 63.1 Å². The van der Waals surface area contributed by atoms with E-state index in [9.17, 15) is 0 Å². The predicted molar refractivity (Wildman–Crippen MR) is 75.7 cm³/mol. The number of hydrogen-bond donors (Lipinski definition) is 1. The topological polar surface area (TPSA) is 60.2 Å². The van der Waals surface area contributed by atoms with Gasteiger partial charge in [0.2, 0.25) is 5.89 Å². The Labute approximate surface area is 120 Å². The molecule has 20 heavy (non-hydrogen) atoms. The minimum Gasteiger partial charge on any atom is -0.379 e. The minimum absolute atomic E-state index is 0.208.